The zero-order valence-electron chi connectivity index (χ0n) is 9.65. The first-order valence-electron chi connectivity index (χ1n) is 4.30. The van der Waals surface area contributed by atoms with Crippen LogP contribution in [-0.4, -0.2) is 54.0 Å². The summed E-state index contributed by atoms with van der Waals surface area (Å²) >= 11 is 0. The van der Waals surface area contributed by atoms with Crippen molar-refractivity contribution in [1.82, 2.24) is 9.97 Å². The van der Waals surface area contributed by atoms with E-state index < -0.39 is 44.6 Å². The molecule has 0 amide bonds. The molecule has 0 atom stereocenters. The maximum Gasteiger partial charge on any atom is 0.195 e. The van der Waals surface area contributed by atoms with Gasteiger partial charge in [0.2, 0.25) is 0 Å². The van der Waals surface area contributed by atoms with Gasteiger partial charge >= 0.3 is 0 Å². The Labute approximate surface area is 105 Å². The van der Waals surface area contributed by atoms with Crippen molar-refractivity contribution >= 4 is 29.5 Å². The van der Waals surface area contributed by atoms with Crippen LogP contribution in [0, 0.1) is 0 Å². The molecular weight excluding hydrogens is 304 g/mol. The van der Waals surface area contributed by atoms with Crippen molar-refractivity contribution in [1.29, 1.82) is 0 Å². The minimum absolute atomic E-state index is 0.602. The second-order valence-corrected chi connectivity index (χ2v) is 9.46. The van der Waals surface area contributed by atoms with E-state index in [1.54, 1.807) is 0 Å². The van der Waals surface area contributed by atoms with Crippen molar-refractivity contribution in [2.24, 2.45) is 0 Å². The van der Waals surface area contributed by atoms with Gasteiger partial charge in [-0.25, -0.2) is 35.2 Å². The number of sulfone groups is 3. The maximum absolute atomic E-state index is 11.4. The topological polar surface area (TPSA) is 128 Å². The lowest BCUT2D eigenvalue weighted by Gasteiger charge is -2.05. The predicted octanol–water partition coefficient (Wildman–Crippen LogP) is -1.31. The molecule has 0 saturated carbocycles. The number of aromatic nitrogens is 2. The summed E-state index contributed by atoms with van der Waals surface area (Å²) in [5.74, 6) is 0. The Kier molecular flexibility index (Phi) is 3.53. The number of hydrogen-bond donors (Lipinski definition) is 0. The van der Waals surface area contributed by atoms with Gasteiger partial charge < -0.3 is 0 Å². The first kappa shape index (κ1) is 15.0. The van der Waals surface area contributed by atoms with Crippen molar-refractivity contribution < 1.29 is 25.3 Å². The van der Waals surface area contributed by atoms with Gasteiger partial charge in [-0.05, 0) is 0 Å². The average molecular weight is 314 g/mol. The Bertz CT molecular complexity index is 792. The molecular formula is C7H10N2O6S3. The fourth-order valence-corrected chi connectivity index (χ4v) is 3.73. The third-order valence-corrected chi connectivity index (χ3v) is 4.84. The quantitative estimate of drug-likeness (QED) is 0.672. The van der Waals surface area contributed by atoms with Crippen molar-refractivity contribution in [2.75, 3.05) is 18.8 Å². The lowest BCUT2D eigenvalue weighted by atomic mass is 10.7. The molecule has 102 valence electrons. The standard InChI is InChI=1S/C7H10N2O6S3/c1-16(10,11)5-4-8-6(17(2,12)13)7(9-5)18(3,14)15/h4H,1-3H3. The zero-order chi connectivity index (χ0) is 14.4. The van der Waals surface area contributed by atoms with Gasteiger partial charge in [0.15, 0.2) is 44.6 Å². The highest BCUT2D eigenvalue weighted by Gasteiger charge is 2.26. The third kappa shape index (κ3) is 3.23. The second-order valence-electron chi connectivity index (χ2n) is 3.64. The molecule has 0 fully saturated rings. The SMILES string of the molecule is CS(=O)(=O)c1cnc(S(C)(=O)=O)c(S(C)(=O)=O)n1. The van der Waals surface area contributed by atoms with E-state index in [9.17, 15) is 25.3 Å². The van der Waals surface area contributed by atoms with Gasteiger partial charge in [-0.15, -0.1) is 0 Å². The summed E-state index contributed by atoms with van der Waals surface area (Å²) < 4.78 is 68.0. The van der Waals surface area contributed by atoms with Gasteiger partial charge in [-0.3, -0.25) is 0 Å². The Morgan fingerprint density at radius 1 is 0.778 bits per heavy atom. The molecule has 0 bridgehead atoms. The molecule has 8 nitrogen and oxygen atoms in total. The number of hydrogen-bond acceptors (Lipinski definition) is 8. The Balaban J connectivity index is 3.83. The highest BCUT2D eigenvalue weighted by Crippen LogP contribution is 2.18. The molecule has 0 aliphatic carbocycles. The van der Waals surface area contributed by atoms with Crippen LogP contribution >= 0.6 is 0 Å². The molecule has 1 aromatic heterocycles. The molecule has 18 heavy (non-hydrogen) atoms. The van der Waals surface area contributed by atoms with Crippen molar-refractivity contribution in [2.45, 2.75) is 15.1 Å². The van der Waals surface area contributed by atoms with Crippen LogP contribution < -0.4 is 0 Å². The van der Waals surface area contributed by atoms with E-state index in [1.807, 2.05) is 0 Å². The van der Waals surface area contributed by atoms with E-state index in [0.717, 1.165) is 18.8 Å². The Hall–Kier alpha value is -1.07. The molecule has 0 saturated heterocycles. The Morgan fingerprint density at radius 3 is 1.56 bits per heavy atom. The van der Waals surface area contributed by atoms with Gasteiger partial charge in [0.05, 0.1) is 6.20 Å². The van der Waals surface area contributed by atoms with Crippen LogP contribution in [0.5, 0.6) is 0 Å². The summed E-state index contributed by atoms with van der Waals surface area (Å²) in [5, 5.41) is -2.24. The summed E-state index contributed by atoms with van der Waals surface area (Å²) in [6.45, 7) is 0. The molecule has 1 aromatic rings. The molecule has 0 aliphatic heterocycles. The molecule has 0 aliphatic rings. The molecule has 0 aromatic carbocycles. The molecule has 0 unspecified atom stereocenters. The fourth-order valence-electron chi connectivity index (χ4n) is 1.02. The van der Waals surface area contributed by atoms with Gasteiger partial charge in [0, 0.05) is 18.8 Å². The lowest BCUT2D eigenvalue weighted by Crippen LogP contribution is -2.15. The molecule has 0 N–H and O–H groups in total. The molecule has 0 spiro atoms. The predicted molar refractivity (Wildman–Crippen MR) is 61.4 cm³/mol. The zero-order valence-corrected chi connectivity index (χ0v) is 12.1. The minimum atomic E-state index is -4.02. The van der Waals surface area contributed by atoms with Crippen LogP contribution in [0.3, 0.4) is 0 Å². The Morgan fingerprint density at radius 2 is 1.22 bits per heavy atom. The van der Waals surface area contributed by atoms with Crippen LogP contribution in [0.15, 0.2) is 21.3 Å². The van der Waals surface area contributed by atoms with E-state index in [2.05, 4.69) is 9.97 Å². The number of nitrogens with zero attached hydrogens (tertiary/aromatic N) is 2. The third-order valence-electron chi connectivity index (χ3n) is 1.77. The van der Waals surface area contributed by atoms with Crippen LogP contribution in [-0.2, 0) is 29.5 Å². The molecule has 11 heteroatoms. The molecule has 1 rings (SSSR count). The monoisotopic (exact) mass is 314 g/mol. The summed E-state index contributed by atoms with van der Waals surface area (Å²) in [5.41, 5.74) is 0. The first-order valence-corrected chi connectivity index (χ1v) is 9.98. The van der Waals surface area contributed by atoms with E-state index in [4.69, 9.17) is 0 Å². The summed E-state index contributed by atoms with van der Waals surface area (Å²) in [4.78, 5) is 6.74. The second kappa shape index (κ2) is 4.24. The van der Waals surface area contributed by atoms with Crippen LogP contribution in [0.2, 0.25) is 0 Å². The van der Waals surface area contributed by atoms with Gasteiger partial charge in [-0.1, -0.05) is 0 Å². The largest absolute Gasteiger partial charge is 0.239 e. The van der Waals surface area contributed by atoms with E-state index in [0.29, 0.717) is 6.20 Å². The van der Waals surface area contributed by atoms with Crippen molar-refractivity contribution in [3.63, 3.8) is 0 Å². The van der Waals surface area contributed by atoms with E-state index >= 15 is 0 Å². The summed E-state index contributed by atoms with van der Waals surface area (Å²) in [6.07, 6.45) is 2.99. The van der Waals surface area contributed by atoms with Gasteiger partial charge in [-0.2, -0.15) is 0 Å². The van der Waals surface area contributed by atoms with Gasteiger partial charge in [0.25, 0.3) is 0 Å². The van der Waals surface area contributed by atoms with Crippen molar-refractivity contribution in [3.8, 4) is 0 Å². The van der Waals surface area contributed by atoms with Gasteiger partial charge in [0.1, 0.15) is 0 Å². The highest BCUT2D eigenvalue weighted by atomic mass is 32.2. The highest BCUT2D eigenvalue weighted by molar-refractivity contribution is 7.93. The maximum atomic E-state index is 11.4. The number of rotatable bonds is 3. The minimum Gasteiger partial charge on any atom is -0.239 e. The van der Waals surface area contributed by atoms with Crippen LogP contribution in [0.25, 0.3) is 0 Å². The fraction of sp³-hybridized carbons (Fsp3) is 0.429. The average Bonchev–Trinajstić information content (AvgIpc) is 2.12. The molecule has 1 heterocycles. The summed E-state index contributed by atoms with van der Waals surface area (Å²) in [6, 6.07) is 0. The normalized spacial score (nSPS) is 13.5. The van der Waals surface area contributed by atoms with Crippen molar-refractivity contribution in [3.05, 3.63) is 6.20 Å². The van der Waals surface area contributed by atoms with E-state index in [1.165, 1.54) is 0 Å². The van der Waals surface area contributed by atoms with Crippen LogP contribution in [0.1, 0.15) is 0 Å². The smallest absolute Gasteiger partial charge is 0.195 e. The van der Waals surface area contributed by atoms with Crippen LogP contribution in [0.4, 0.5) is 0 Å². The molecule has 0 radical (unpaired) electrons. The summed E-state index contributed by atoms with van der Waals surface area (Å²) in [7, 11) is -11.7. The lowest BCUT2D eigenvalue weighted by molar-refractivity contribution is 0.569. The first-order chi connectivity index (χ1) is 7.83. The van der Waals surface area contributed by atoms with E-state index in [-0.39, 0.29) is 0 Å².